The third kappa shape index (κ3) is 5.13. The number of hydrogen-bond donors (Lipinski definition) is 0. The first-order chi connectivity index (χ1) is 15.0. The molecule has 164 valence electrons. The van der Waals surface area contributed by atoms with Gasteiger partial charge in [0.2, 0.25) is 0 Å². The van der Waals surface area contributed by atoms with Crippen LogP contribution >= 0.6 is 11.6 Å². The Balaban J connectivity index is 1.38. The van der Waals surface area contributed by atoms with Gasteiger partial charge in [0.1, 0.15) is 11.9 Å². The van der Waals surface area contributed by atoms with E-state index in [2.05, 4.69) is 40.8 Å². The molecule has 4 rings (SSSR count). The molecule has 0 spiro atoms. The molecule has 1 saturated heterocycles. The highest BCUT2D eigenvalue weighted by Gasteiger charge is 2.21. The second kappa shape index (κ2) is 9.88. The second-order valence-corrected chi connectivity index (χ2v) is 8.89. The molecule has 0 bridgehead atoms. The largest absolute Gasteiger partial charge is 0.489 e. The number of halogens is 1. The van der Waals surface area contributed by atoms with E-state index in [9.17, 15) is 4.79 Å². The van der Waals surface area contributed by atoms with E-state index in [1.54, 1.807) is 6.92 Å². The lowest BCUT2D eigenvalue weighted by molar-refractivity contribution is 0.0872. The number of ketones is 1. The molecule has 1 unspecified atom stereocenters. The van der Waals surface area contributed by atoms with Gasteiger partial charge < -0.3 is 9.30 Å². The van der Waals surface area contributed by atoms with Gasteiger partial charge in [-0.1, -0.05) is 36.7 Å². The van der Waals surface area contributed by atoms with Gasteiger partial charge in [-0.2, -0.15) is 0 Å². The molecule has 1 aliphatic heterocycles. The minimum Gasteiger partial charge on any atom is -0.489 e. The zero-order chi connectivity index (χ0) is 21.8. The van der Waals surface area contributed by atoms with E-state index in [1.807, 2.05) is 24.3 Å². The van der Waals surface area contributed by atoms with Crippen LogP contribution in [0.1, 0.15) is 49.0 Å². The Kier molecular flexibility index (Phi) is 6.99. The summed E-state index contributed by atoms with van der Waals surface area (Å²) in [5.41, 5.74) is 3.36. The zero-order valence-corrected chi connectivity index (χ0v) is 19.2. The first-order valence-corrected chi connectivity index (χ1v) is 11.7. The van der Waals surface area contributed by atoms with Crippen molar-refractivity contribution < 1.29 is 9.53 Å². The van der Waals surface area contributed by atoms with Crippen molar-refractivity contribution >= 4 is 28.3 Å². The molecular weight excluding hydrogens is 408 g/mol. The lowest BCUT2D eigenvalue weighted by Gasteiger charge is -2.33. The Hall–Kier alpha value is -2.30. The molecular formula is C26H31ClN2O2. The summed E-state index contributed by atoms with van der Waals surface area (Å²) in [5, 5.41) is 1.82. The third-order valence-electron chi connectivity index (χ3n) is 6.19. The number of Topliss-reactive ketones (excluding diaryl/α,β-unsaturated/α-hetero) is 1. The monoisotopic (exact) mass is 438 g/mol. The average molecular weight is 439 g/mol. The van der Waals surface area contributed by atoms with Crippen LogP contribution in [0.25, 0.3) is 10.9 Å². The molecule has 0 saturated carbocycles. The standard InChI is InChI=1S/C26H31ClN2O2/c1-3-20-7-4-9-24-25(19(2)30)18-29(26(20)24)16-6-15-28-14-5-8-23(17-28)31-22-12-10-21(27)11-13-22/h4,7,9-13,18,23H,3,5-6,8,14-17H2,1-2H3. The minimum absolute atomic E-state index is 0.134. The van der Waals surface area contributed by atoms with Gasteiger partial charge >= 0.3 is 0 Å². The summed E-state index contributed by atoms with van der Waals surface area (Å²) in [6, 6.07) is 13.9. The highest BCUT2D eigenvalue weighted by atomic mass is 35.5. The Bertz CT molecular complexity index is 1040. The van der Waals surface area contributed by atoms with E-state index in [4.69, 9.17) is 16.3 Å². The number of likely N-dealkylation sites (tertiary alicyclic amines) is 1. The van der Waals surface area contributed by atoms with Crippen molar-refractivity contribution in [3.05, 3.63) is 64.8 Å². The first-order valence-electron chi connectivity index (χ1n) is 11.3. The highest BCUT2D eigenvalue weighted by molar-refractivity contribution is 6.30. The molecule has 3 aromatic rings. The number of carbonyl (C=O) groups is 1. The fraction of sp³-hybridized carbons (Fsp3) is 0.423. The quantitative estimate of drug-likeness (QED) is 0.405. The number of piperidine rings is 1. The first kappa shape index (κ1) is 21.9. The molecule has 0 N–H and O–H groups in total. The Morgan fingerprint density at radius 1 is 1.16 bits per heavy atom. The number of aryl methyl sites for hydroxylation is 2. The van der Waals surface area contributed by atoms with Crippen LogP contribution in [0.3, 0.4) is 0 Å². The van der Waals surface area contributed by atoms with E-state index in [1.165, 1.54) is 11.1 Å². The van der Waals surface area contributed by atoms with Gasteiger partial charge in [-0.3, -0.25) is 9.69 Å². The molecule has 4 nitrogen and oxygen atoms in total. The Labute approximate surface area is 189 Å². The topological polar surface area (TPSA) is 34.5 Å². The van der Waals surface area contributed by atoms with Crippen molar-refractivity contribution in [2.45, 2.75) is 52.2 Å². The molecule has 31 heavy (non-hydrogen) atoms. The van der Waals surface area contributed by atoms with Gasteiger partial charge in [0.25, 0.3) is 0 Å². The number of benzene rings is 2. The van der Waals surface area contributed by atoms with Gasteiger partial charge in [0.05, 0.1) is 5.52 Å². The van der Waals surface area contributed by atoms with Crippen LogP contribution in [-0.4, -0.2) is 41.0 Å². The number of nitrogens with zero attached hydrogens (tertiary/aromatic N) is 2. The molecule has 2 aromatic carbocycles. The van der Waals surface area contributed by atoms with Crippen molar-refractivity contribution in [2.75, 3.05) is 19.6 Å². The van der Waals surface area contributed by atoms with Gasteiger partial charge in [-0.15, -0.1) is 0 Å². The van der Waals surface area contributed by atoms with E-state index in [0.29, 0.717) is 0 Å². The van der Waals surface area contributed by atoms with Crippen LogP contribution in [-0.2, 0) is 13.0 Å². The summed E-state index contributed by atoms with van der Waals surface area (Å²) in [6.07, 6.45) is 6.52. The average Bonchev–Trinajstić information content (AvgIpc) is 3.15. The van der Waals surface area contributed by atoms with E-state index >= 15 is 0 Å². The maximum atomic E-state index is 12.2. The highest BCUT2D eigenvalue weighted by Crippen LogP contribution is 2.26. The van der Waals surface area contributed by atoms with E-state index in [0.717, 1.165) is 73.6 Å². The predicted octanol–water partition coefficient (Wildman–Crippen LogP) is 5.99. The third-order valence-corrected chi connectivity index (χ3v) is 6.45. The number of hydrogen-bond acceptors (Lipinski definition) is 3. The van der Waals surface area contributed by atoms with Crippen LogP contribution in [0.15, 0.2) is 48.7 Å². The lowest BCUT2D eigenvalue weighted by atomic mass is 10.1. The predicted molar refractivity (Wildman–Crippen MR) is 127 cm³/mol. The van der Waals surface area contributed by atoms with Crippen LogP contribution < -0.4 is 4.74 Å². The maximum absolute atomic E-state index is 12.2. The molecule has 5 heteroatoms. The molecule has 1 aromatic heterocycles. The SMILES string of the molecule is CCc1cccc2c(C(C)=O)cn(CCCN3CCCC(Oc4ccc(Cl)cc4)C3)c12. The van der Waals surface area contributed by atoms with Crippen molar-refractivity contribution in [3.63, 3.8) is 0 Å². The van der Waals surface area contributed by atoms with Crippen molar-refractivity contribution in [2.24, 2.45) is 0 Å². The molecule has 1 fully saturated rings. The molecule has 0 amide bonds. The van der Waals surface area contributed by atoms with Gasteiger partial charge in [0.15, 0.2) is 5.78 Å². The number of aromatic nitrogens is 1. The van der Waals surface area contributed by atoms with E-state index < -0.39 is 0 Å². The number of para-hydroxylation sites is 1. The summed E-state index contributed by atoms with van der Waals surface area (Å²) in [5.74, 6) is 1.02. The number of fused-ring (bicyclic) bond motifs is 1. The van der Waals surface area contributed by atoms with Gasteiger partial charge in [-0.05, 0) is 75.5 Å². The summed E-state index contributed by atoms with van der Waals surface area (Å²) in [7, 11) is 0. The summed E-state index contributed by atoms with van der Waals surface area (Å²) in [4.78, 5) is 14.7. The zero-order valence-electron chi connectivity index (χ0n) is 18.4. The minimum atomic E-state index is 0.134. The van der Waals surface area contributed by atoms with Crippen LogP contribution in [0.2, 0.25) is 5.02 Å². The van der Waals surface area contributed by atoms with Crippen molar-refractivity contribution in [1.82, 2.24) is 9.47 Å². The van der Waals surface area contributed by atoms with Crippen LogP contribution in [0.5, 0.6) is 5.75 Å². The normalized spacial score (nSPS) is 17.2. The smallest absolute Gasteiger partial charge is 0.161 e. The number of rotatable bonds is 8. The molecule has 1 aliphatic rings. The summed E-state index contributed by atoms with van der Waals surface area (Å²) < 4.78 is 8.47. The lowest BCUT2D eigenvalue weighted by Crippen LogP contribution is -2.41. The van der Waals surface area contributed by atoms with Gasteiger partial charge in [-0.25, -0.2) is 0 Å². The summed E-state index contributed by atoms with van der Waals surface area (Å²) in [6.45, 7) is 7.85. The molecule has 2 heterocycles. The summed E-state index contributed by atoms with van der Waals surface area (Å²) >= 11 is 5.98. The molecule has 0 radical (unpaired) electrons. The fourth-order valence-corrected chi connectivity index (χ4v) is 4.79. The van der Waals surface area contributed by atoms with Gasteiger partial charge in [0, 0.05) is 35.3 Å². The van der Waals surface area contributed by atoms with E-state index in [-0.39, 0.29) is 11.9 Å². The van der Waals surface area contributed by atoms with Crippen molar-refractivity contribution in [1.29, 1.82) is 0 Å². The molecule has 0 aliphatic carbocycles. The maximum Gasteiger partial charge on any atom is 0.161 e. The second-order valence-electron chi connectivity index (χ2n) is 8.45. The fourth-order valence-electron chi connectivity index (χ4n) is 4.66. The number of carbonyl (C=O) groups excluding carboxylic acids is 1. The van der Waals surface area contributed by atoms with Crippen LogP contribution in [0, 0.1) is 0 Å². The van der Waals surface area contributed by atoms with Crippen molar-refractivity contribution in [3.8, 4) is 5.75 Å². The Morgan fingerprint density at radius 3 is 2.71 bits per heavy atom. The Morgan fingerprint density at radius 2 is 1.97 bits per heavy atom. The molecule has 1 atom stereocenters. The van der Waals surface area contributed by atoms with Crippen LogP contribution in [0.4, 0.5) is 0 Å². The number of ether oxygens (including phenoxy) is 1.